The van der Waals surface area contributed by atoms with E-state index in [1.165, 1.54) is 94.3 Å². The first-order chi connectivity index (χ1) is 22.7. The van der Waals surface area contributed by atoms with Crippen molar-refractivity contribution in [1.29, 1.82) is 0 Å². The summed E-state index contributed by atoms with van der Waals surface area (Å²) in [4.78, 5) is 2.63. The van der Waals surface area contributed by atoms with Crippen molar-refractivity contribution in [3.8, 4) is 43.1 Å². The van der Waals surface area contributed by atoms with Gasteiger partial charge in [-0.15, -0.1) is 45.3 Å². The molecule has 0 fully saturated rings. The highest BCUT2D eigenvalue weighted by Gasteiger charge is 2.11. The van der Waals surface area contributed by atoms with Gasteiger partial charge in [0.15, 0.2) is 0 Å². The summed E-state index contributed by atoms with van der Waals surface area (Å²) in [5.41, 5.74) is 7.60. The van der Waals surface area contributed by atoms with E-state index in [2.05, 4.69) is 144 Å². The highest BCUT2D eigenvalue weighted by atomic mass is 32.1. The Morgan fingerprint density at radius 1 is 0.261 bits per heavy atom. The van der Waals surface area contributed by atoms with Gasteiger partial charge in [-0.2, -0.15) is 0 Å². The standard InChI is InChI=1S/C42H24S4/c1-5-27(6-2-25(1)29-9-11-37-31(17-29)13-15-43-37)39-23-35-19-33-22-42-36(20-34(33)21-41(35)45-39)24-40(46-42)28-7-3-26(4-8-28)30-10-12-38-32(18-30)14-16-44-38/h1-24H. The van der Waals surface area contributed by atoms with E-state index >= 15 is 0 Å². The number of benzene rings is 6. The fourth-order valence-electron chi connectivity index (χ4n) is 6.55. The molecule has 46 heavy (non-hydrogen) atoms. The van der Waals surface area contributed by atoms with Crippen molar-refractivity contribution in [3.05, 3.63) is 144 Å². The molecule has 0 atom stereocenters. The first kappa shape index (κ1) is 26.6. The van der Waals surface area contributed by atoms with Crippen LogP contribution in [0.5, 0.6) is 0 Å². The molecule has 0 N–H and O–H groups in total. The van der Waals surface area contributed by atoms with Gasteiger partial charge >= 0.3 is 0 Å². The van der Waals surface area contributed by atoms with Gasteiger partial charge in [-0.3, -0.25) is 0 Å². The molecule has 0 radical (unpaired) electrons. The minimum atomic E-state index is 1.26. The van der Waals surface area contributed by atoms with Crippen LogP contribution in [0.25, 0.3) is 94.3 Å². The lowest BCUT2D eigenvalue weighted by atomic mass is 10.0. The van der Waals surface area contributed by atoms with Gasteiger partial charge < -0.3 is 0 Å². The fraction of sp³-hybridized carbons (Fsp3) is 0. The van der Waals surface area contributed by atoms with Gasteiger partial charge in [0.2, 0.25) is 0 Å². The van der Waals surface area contributed by atoms with Gasteiger partial charge in [0.05, 0.1) is 0 Å². The zero-order chi connectivity index (χ0) is 30.2. The van der Waals surface area contributed by atoms with Crippen LogP contribution in [0, 0.1) is 0 Å². The molecule has 0 bridgehead atoms. The molecule has 4 aromatic heterocycles. The zero-order valence-corrected chi connectivity index (χ0v) is 27.8. The smallest absolute Gasteiger partial charge is 0.0355 e. The fourth-order valence-corrected chi connectivity index (χ4v) is 10.3. The molecule has 0 saturated heterocycles. The molecule has 0 aliphatic heterocycles. The maximum absolute atomic E-state index is 2.37. The summed E-state index contributed by atoms with van der Waals surface area (Å²) in [5, 5.41) is 12.2. The van der Waals surface area contributed by atoms with E-state index in [4.69, 9.17) is 0 Å². The van der Waals surface area contributed by atoms with Crippen LogP contribution in [0.2, 0.25) is 0 Å². The van der Waals surface area contributed by atoms with E-state index < -0.39 is 0 Å². The number of hydrogen-bond donors (Lipinski definition) is 0. The molecular formula is C42H24S4. The molecule has 6 aromatic carbocycles. The Morgan fingerprint density at radius 2 is 0.674 bits per heavy atom. The lowest BCUT2D eigenvalue weighted by molar-refractivity contribution is 1.65. The van der Waals surface area contributed by atoms with Crippen molar-refractivity contribution >= 4 is 96.5 Å². The lowest BCUT2D eigenvalue weighted by Crippen LogP contribution is -1.78. The van der Waals surface area contributed by atoms with Crippen molar-refractivity contribution in [3.63, 3.8) is 0 Å². The second-order valence-electron chi connectivity index (χ2n) is 11.8. The molecule has 216 valence electrons. The molecule has 0 aliphatic rings. The Morgan fingerprint density at radius 3 is 1.13 bits per heavy atom. The van der Waals surface area contributed by atoms with E-state index in [1.807, 2.05) is 22.7 Å². The van der Waals surface area contributed by atoms with E-state index in [1.54, 1.807) is 22.7 Å². The number of thiophene rings is 4. The average molecular weight is 657 g/mol. The van der Waals surface area contributed by atoms with Crippen LogP contribution in [-0.2, 0) is 0 Å². The second-order valence-corrected chi connectivity index (χ2v) is 15.9. The molecule has 10 aromatic rings. The Labute approximate surface area is 282 Å². The van der Waals surface area contributed by atoms with Crippen molar-refractivity contribution in [1.82, 2.24) is 0 Å². The summed E-state index contributed by atoms with van der Waals surface area (Å²) >= 11 is 7.36. The summed E-state index contributed by atoms with van der Waals surface area (Å²) in [5.74, 6) is 0. The maximum Gasteiger partial charge on any atom is 0.0355 e. The van der Waals surface area contributed by atoms with E-state index in [-0.39, 0.29) is 0 Å². The predicted octanol–water partition coefficient (Wildman–Crippen LogP) is 14.4. The summed E-state index contributed by atoms with van der Waals surface area (Å²) in [6, 6.07) is 50.2. The summed E-state index contributed by atoms with van der Waals surface area (Å²) in [6.07, 6.45) is 0. The summed E-state index contributed by atoms with van der Waals surface area (Å²) in [6.45, 7) is 0. The Hall–Kier alpha value is -4.58. The molecule has 0 spiro atoms. The van der Waals surface area contributed by atoms with Gasteiger partial charge in [-0.1, -0.05) is 60.7 Å². The average Bonchev–Trinajstić information content (AvgIpc) is 3.91. The van der Waals surface area contributed by atoms with Crippen molar-refractivity contribution in [2.45, 2.75) is 0 Å². The highest BCUT2D eigenvalue weighted by Crippen LogP contribution is 2.41. The molecule has 4 heterocycles. The van der Waals surface area contributed by atoms with E-state index in [0.717, 1.165) is 0 Å². The van der Waals surface area contributed by atoms with Crippen LogP contribution in [0.1, 0.15) is 0 Å². The zero-order valence-electron chi connectivity index (χ0n) is 24.5. The minimum absolute atomic E-state index is 1.26. The molecule has 0 saturated carbocycles. The largest absolute Gasteiger partial charge is 0.144 e. The Bertz CT molecular complexity index is 2470. The van der Waals surface area contributed by atoms with Crippen LogP contribution < -0.4 is 0 Å². The Balaban J connectivity index is 0.947. The second kappa shape index (κ2) is 10.5. The monoisotopic (exact) mass is 656 g/mol. The number of hydrogen-bond acceptors (Lipinski definition) is 4. The molecule has 10 rings (SSSR count). The third-order valence-electron chi connectivity index (χ3n) is 9.02. The quantitative estimate of drug-likeness (QED) is 0.177. The molecule has 0 amide bonds. The molecule has 0 aliphatic carbocycles. The van der Waals surface area contributed by atoms with Gasteiger partial charge in [-0.25, -0.2) is 0 Å². The number of fused-ring (bicyclic) bond motifs is 5. The van der Waals surface area contributed by atoms with Crippen LogP contribution in [0.4, 0.5) is 0 Å². The van der Waals surface area contributed by atoms with Crippen LogP contribution in [0.15, 0.2) is 144 Å². The third kappa shape index (κ3) is 4.52. The molecule has 0 nitrogen and oxygen atoms in total. The van der Waals surface area contributed by atoms with Gasteiger partial charge in [0.1, 0.15) is 0 Å². The van der Waals surface area contributed by atoms with E-state index in [9.17, 15) is 0 Å². The molecule has 0 unspecified atom stereocenters. The topological polar surface area (TPSA) is 0 Å². The van der Waals surface area contributed by atoms with Gasteiger partial charge in [-0.05, 0) is 149 Å². The van der Waals surface area contributed by atoms with Gasteiger partial charge in [0, 0.05) is 28.6 Å². The maximum atomic E-state index is 2.37. The highest BCUT2D eigenvalue weighted by molar-refractivity contribution is 7.23. The predicted molar refractivity (Wildman–Crippen MR) is 207 cm³/mol. The number of rotatable bonds is 4. The van der Waals surface area contributed by atoms with Crippen LogP contribution in [0.3, 0.4) is 0 Å². The Kier molecular flexibility index (Phi) is 6.06. The summed E-state index contributed by atoms with van der Waals surface area (Å²) in [7, 11) is 0. The van der Waals surface area contributed by atoms with Crippen molar-refractivity contribution in [2.75, 3.05) is 0 Å². The first-order valence-corrected chi connectivity index (χ1v) is 18.7. The SMILES string of the molecule is c1cc2cc(-c3ccc(-c4cc5cc6cc7sc(-c8ccc(-c9ccc%10sccc%10c9)cc8)cc7cc6cc5s4)cc3)ccc2s1. The molecule has 4 heteroatoms. The normalized spacial score (nSPS) is 11.9. The summed E-state index contributed by atoms with van der Waals surface area (Å²) < 4.78 is 5.35. The van der Waals surface area contributed by atoms with E-state index in [0.29, 0.717) is 0 Å². The van der Waals surface area contributed by atoms with Crippen molar-refractivity contribution < 1.29 is 0 Å². The minimum Gasteiger partial charge on any atom is -0.144 e. The van der Waals surface area contributed by atoms with Crippen LogP contribution >= 0.6 is 45.3 Å². The van der Waals surface area contributed by atoms with Gasteiger partial charge in [0.25, 0.3) is 0 Å². The molecular weight excluding hydrogens is 633 g/mol. The lowest BCUT2D eigenvalue weighted by Gasteiger charge is -2.04. The first-order valence-electron chi connectivity index (χ1n) is 15.3. The third-order valence-corrected chi connectivity index (χ3v) is 13.1. The van der Waals surface area contributed by atoms with Crippen LogP contribution in [-0.4, -0.2) is 0 Å². The van der Waals surface area contributed by atoms with Crippen molar-refractivity contribution in [2.24, 2.45) is 0 Å².